The highest BCUT2D eigenvalue weighted by molar-refractivity contribution is 5.77. The van der Waals surface area contributed by atoms with Gasteiger partial charge < -0.3 is 10.1 Å². The van der Waals surface area contributed by atoms with E-state index < -0.39 is 0 Å². The Balaban J connectivity index is 1.90. The normalized spacial score (nSPS) is 10.5. The number of aryl methyl sites for hydroxylation is 1. The lowest BCUT2D eigenvalue weighted by molar-refractivity contribution is -0.125. The maximum atomic E-state index is 11.4. The lowest BCUT2D eigenvalue weighted by Gasteiger charge is -2.05. The van der Waals surface area contributed by atoms with Crippen molar-refractivity contribution in [3.05, 3.63) is 36.3 Å². The smallest absolute Gasteiger partial charge is 0.246 e. The van der Waals surface area contributed by atoms with Crippen molar-refractivity contribution in [2.75, 3.05) is 13.2 Å². The second-order valence-electron chi connectivity index (χ2n) is 4.37. The number of carbonyl (C=O) groups is 1. The van der Waals surface area contributed by atoms with Crippen LogP contribution in [-0.2, 0) is 23.1 Å². The van der Waals surface area contributed by atoms with E-state index in [9.17, 15) is 4.79 Å². The van der Waals surface area contributed by atoms with Crippen LogP contribution in [0.1, 0.15) is 12.5 Å². The molecular formula is C14H18N4O2. The summed E-state index contributed by atoms with van der Waals surface area (Å²) < 4.78 is 6.76. The van der Waals surface area contributed by atoms with Crippen LogP contribution in [0.2, 0.25) is 0 Å². The second-order valence-corrected chi connectivity index (χ2v) is 4.37. The highest BCUT2D eigenvalue weighted by Crippen LogP contribution is 2.15. The molecule has 0 radical (unpaired) electrons. The van der Waals surface area contributed by atoms with Crippen LogP contribution in [0, 0.1) is 0 Å². The number of carbonyl (C=O) groups excluding carboxylic acids is 1. The number of amides is 1. The molecule has 0 bridgehead atoms. The molecule has 2 heterocycles. The number of hydrogen-bond donors (Lipinski definition) is 1. The van der Waals surface area contributed by atoms with Gasteiger partial charge in [0.1, 0.15) is 6.61 Å². The van der Waals surface area contributed by atoms with Gasteiger partial charge in [-0.2, -0.15) is 5.10 Å². The van der Waals surface area contributed by atoms with Crippen molar-refractivity contribution in [1.29, 1.82) is 0 Å². The minimum atomic E-state index is -0.122. The lowest BCUT2D eigenvalue weighted by Crippen LogP contribution is -2.27. The summed E-state index contributed by atoms with van der Waals surface area (Å²) in [5, 5.41) is 6.89. The molecule has 1 amide bonds. The molecule has 2 aromatic heterocycles. The van der Waals surface area contributed by atoms with E-state index in [0.29, 0.717) is 13.2 Å². The van der Waals surface area contributed by atoms with E-state index in [1.165, 1.54) is 0 Å². The highest BCUT2D eigenvalue weighted by Gasteiger charge is 2.04. The Kier molecular flexibility index (Phi) is 4.84. The van der Waals surface area contributed by atoms with E-state index in [-0.39, 0.29) is 12.5 Å². The number of nitrogens with zero attached hydrogens (tertiary/aromatic N) is 3. The van der Waals surface area contributed by atoms with Crippen molar-refractivity contribution in [3.8, 4) is 11.3 Å². The van der Waals surface area contributed by atoms with Gasteiger partial charge in [-0.1, -0.05) is 6.07 Å². The summed E-state index contributed by atoms with van der Waals surface area (Å²) in [6, 6.07) is 3.86. The largest absolute Gasteiger partial charge is 0.372 e. The summed E-state index contributed by atoms with van der Waals surface area (Å²) >= 11 is 0. The number of hydrogen-bond acceptors (Lipinski definition) is 4. The van der Waals surface area contributed by atoms with E-state index >= 15 is 0 Å². The molecule has 0 aromatic carbocycles. The van der Waals surface area contributed by atoms with Crippen LogP contribution in [0.15, 0.2) is 30.7 Å². The van der Waals surface area contributed by atoms with Crippen LogP contribution in [0.3, 0.4) is 0 Å². The third-order valence-corrected chi connectivity index (χ3v) is 2.75. The monoisotopic (exact) mass is 274 g/mol. The molecule has 0 aliphatic rings. The molecule has 6 heteroatoms. The van der Waals surface area contributed by atoms with Gasteiger partial charge in [0, 0.05) is 38.2 Å². The van der Waals surface area contributed by atoms with Crippen molar-refractivity contribution >= 4 is 5.91 Å². The van der Waals surface area contributed by atoms with Crippen LogP contribution in [0.25, 0.3) is 11.3 Å². The number of aromatic nitrogens is 3. The zero-order valence-electron chi connectivity index (χ0n) is 11.7. The Hall–Kier alpha value is -2.21. The second kappa shape index (κ2) is 6.81. The van der Waals surface area contributed by atoms with Crippen LogP contribution in [0.4, 0.5) is 0 Å². The predicted octanol–water partition coefficient (Wildman–Crippen LogP) is 1.13. The first-order chi connectivity index (χ1) is 9.69. The van der Waals surface area contributed by atoms with E-state index in [1.54, 1.807) is 17.1 Å². The molecule has 0 fully saturated rings. The van der Waals surface area contributed by atoms with E-state index in [4.69, 9.17) is 4.74 Å². The summed E-state index contributed by atoms with van der Waals surface area (Å²) in [5.41, 5.74) is 2.78. The van der Waals surface area contributed by atoms with Gasteiger partial charge in [-0.05, 0) is 18.6 Å². The van der Waals surface area contributed by atoms with Crippen LogP contribution >= 0.6 is 0 Å². The molecule has 2 aromatic rings. The van der Waals surface area contributed by atoms with Crippen LogP contribution in [0.5, 0.6) is 0 Å². The molecule has 1 N–H and O–H groups in total. The Bertz CT molecular complexity index is 563. The molecule has 20 heavy (non-hydrogen) atoms. The predicted molar refractivity (Wildman–Crippen MR) is 74.8 cm³/mol. The van der Waals surface area contributed by atoms with Gasteiger partial charge in [-0.15, -0.1) is 0 Å². The number of nitrogens with one attached hydrogen (secondary N) is 1. The maximum Gasteiger partial charge on any atom is 0.246 e. The van der Waals surface area contributed by atoms with Crippen molar-refractivity contribution < 1.29 is 9.53 Å². The summed E-state index contributed by atoms with van der Waals surface area (Å²) in [5.74, 6) is -0.122. The van der Waals surface area contributed by atoms with Gasteiger partial charge in [0.25, 0.3) is 0 Å². The fourth-order valence-corrected chi connectivity index (χ4v) is 1.70. The molecule has 0 saturated heterocycles. The Morgan fingerprint density at radius 3 is 2.85 bits per heavy atom. The van der Waals surface area contributed by atoms with Crippen molar-refractivity contribution in [2.45, 2.75) is 13.5 Å². The molecule has 0 atom stereocenters. The topological polar surface area (TPSA) is 69.0 Å². The van der Waals surface area contributed by atoms with Gasteiger partial charge in [0.05, 0.1) is 11.9 Å². The minimum Gasteiger partial charge on any atom is -0.372 e. The van der Waals surface area contributed by atoms with Crippen LogP contribution in [-0.4, -0.2) is 33.9 Å². The number of rotatable bonds is 6. The van der Waals surface area contributed by atoms with Gasteiger partial charge in [0.15, 0.2) is 0 Å². The summed E-state index contributed by atoms with van der Waals surface area (Å²) in [6.07, 6.45) is 5.43. The van der Waals surface area contributed by atoms with Crippen LogP contribution < -0.4 is 5.32 Å². The molecule has 2 rings (SSSR count). The standard InChI is InChI=1S/C14H18N4O2/c1-3-20-10-14(19)16-7-11-4-5-13(15-6-11)12-8-17-18(2)9-12/h4-6,8-9H,3,7,10H2,1-2H3,(H,16,19). The van der Waals surface area contributed by atoms with Gasteiger partial charge >= 0.3 is 0 Å². The average Bonchev–Trinajstić information content (AvgIpc) is 2.90. The lowest BCUT2D eigenvalue weighted by atomic mass is 10.2. The zero-order chi connectivity index (χ0) is 14.4. The Morgan fingerprint density at radius 1 is 1.40 bits per heavy atom. The van der Waals surface area contributed by atoms with Crippen molar-refractivity contribution in [3.63, 3.8) is 0 Å². The number of ether oxygens (including phenoxy) is 1. The quantitative estimate of drug-likeness (QED) is 0.857. The minimum absolute atomic E-state index is 0.0949. The van der Waals surface area contributed by atoms with E-state index in [1.807, 2.05) is 32.3 Å². The van der Waals surface area contributed by atoms with Gasteiger partial charge in [-0.3, -0.25) is 14.5 Å². The average molecular weight is 274 g/mol. The summed E-state index contributed by atoms with van der Waals surface area (Å²) in [4.78, 5) is 15.8. The van der Waals surface area contributed by atoms with E-state index in [2.05, 4.69) is 15.4 Å². The molecule has 0 unspecified atom stereocenters. The maximum absolute atomic E-state index is 11.4. The molecule has 0 spiro atoms. The first kappa shape index (κ1) is 14.2. The molecule has 6 nitrogen and oxygen atoms in total. The molecule has 0 aliphatic carbocycles. The summed E-state index contributed by atoms with van der Waals surface area (Å²) in [7, 11) is 1.87. The fraction of sp³-hybridized carbons (Fsp3) is 0.357. The first-order valence-corrected chi connectivity index (χ1v) is 6.47. The Labute approximate surface area is 117 Å². The highest BCUT2D eigenvalue weighted by atomic mass is 16.5. The summed E-state index contributed by atoms with van der Waals surface area (Å²) in [6.45, 7) is 2.94. The Morgan fingerprint density at radius 2 is 2.25 bits per heavy atom. The molecule has 0 saturated carbocycles. The molecule has 106 valence electrons. The van der Waals surface area contributed by atoms with E-state index in [0.717, 1.165) is 16.8 Å². The SMILES string of the molecule is CCOCC(=O)NCc1ccc(-c2cnn(C)c2)nc1. The number of pyridine rings is 1. The van der Waals surface area contributed by atoms with Gasteiger partial charge in [0.2, 0.25) is 5.91 Å². The van der Waals surface area contributed by atoms with Gasteiger partial charge in [-0.25, -0.2) is 0 Å². The molecular weight excluding hydrogens is 256 g/mol. The molecule has 0 aliphatic heterocycles. The zero-order valence-corrected chi connectivity index (χ0v) is 11.7. The first-order valence-electron chi connectivity index (χ1n) is 6.47. The third kappa shape index (κ3) is 3.89. The fourth-order valence-electron chi connectivity index (χ4n) is 1.70. The van der Waals surface area contributed by atoms with Crippen molar-refractivity contribution in [2.24, 2.45) is 7.05 Å². The third-order valence-electron chi connectivity index (χ3n) is 2.75. The van der Waals surface area contributed by atoms with Crippen molar-refractivity contribution in [1.82, 2.24) is 20.1 Å².